The highest BCUT2D eigenvalue weighted by Crippen LogP contribution is 2.21. The van der Waals surface area contributed by atoms with Crippen molar-refractivity contribution < 1.29 is 25.4 Å². The lowest BCUT2D eigenvalue weighted by molar-refractivity contribution is -0.657. The van der Waals surface area contributed by atoms with Gasteiger partial charge in [-0.15, -0.1) is 0 Å². The average Bonchev–Trinajstić information content (AvgIpc) is 2.34. The summed E-state index contributed by atoms with van der Waals surface area (Å²) in [7, 11) is 0. The Hall–Kier alpha value is -0.850. The minimum atomic E-state index is -1.26. The summed E-state index contributed by atoms with van der Waals surface area (Å²) in [6.07, 6.45) is 0. The van der Waals surface area contributed by atoms with Crippen molar-refractivity contribution in [1.29, 1.82) is 0 Å². The highest BCUT2D eigenvalue weighted by Gasteiger charge is 1.98. The summed E-state index contributed by atoms with van der Waals surface area (Å²) in [5.41, 5.74) is 0.0272. The summed E-state index contributed by atoms with van der Waals surface area (Å²) >= 11 is 11.1. The molecule has 1 aromatic rings. The van der Waals surface area contributed by atoms with E-state index in [0.717, 1.165) is 0 Å². The maximum atomic E-state index is 10.3. The molecule has 0 fully saturated rings. The molecule has 0 amide bonds. The number of benzene rings is 1. The predicted molar refractivity (Wildman–Crippen MR) is 66.6 cm³/mol. The SMILES string of the molecule is O=C([O-])c1ccc(Cl)c(Cl)c1.OCC[NH2+]CCO. The van der Waals surface area contributed by atoms with Gasteiger partial charge in [0.25, 0.3) is 0 Å². The highest BCUT2D eigenvalue weighted by molar-refractivity contribution is 6.42. The van der Waals surface area contributed by atoms with E-state index in [0.29, 0.717) is 18.1 Å². The van der Waals surface area contributed by atoms with E-state index in [9.17, 15) is 9.90 Å². The second kappa shape index (κ2) is 10.1. The number of carboxylic acid groups (broad SMARTS) is 1. The van der Waals surface area contributed by atoms with Gasteiger partial charge in [0, 0.05) is 0 Å². The van der Waals surface area contributed by atoms with E-state index in [1.807, 2.05) is 5.32 Å². The Morgan fingerprint density at radius 2 is 1.72 bits per heavy atom. The number of halogens is 2. The molecule has 0 spiro atoms. The fourth-order valence-electron chi connectivity index (χ4n) is 0.950. The number of hydrogen-bond acceptors (Lipinski definition) is 4. The van der Waals surface area contributed by atoms with Gasteiger partial charge in [0.2, 0.25) is 0 Å². The van der Waals surface area contributed by atoms with Gasteiger partial charge >= 0.3 is 0 Å². The predicted octanol–water partition coefficient (Wildman–Crippen LogP) is -1.11. The van der Waals surface area contributed by atoms with Crippen molar-refractivity contribution in [2.45, 2.75) is 0 Å². The van der Waals surface area contributed by atoms with E-state index in [2.05, 4.69) is 0 Å². The summed E-state index contributed by atoms with van der Waals surface area (Å²) in [6.45, 7) is 1.78. The lowest BCUT2D eigenvalue weighted by atomic mass is 10.2. The zero-order valence-electron chi connectivity index (χ0n) is 9.60. The number of carbonyl (C=O) groups excluding carboxylic acids is 1. The van der Waals surface area contributed by atoms with Gasteiger partial charge in [-0.2, -0.15) is 0 Å². The number of aliphatic hydroxyl groups excluding tert-OH is 2. The topological polar surface area (TPSA) is 97.2 Å². The van der Waals surface area contributed by atoms with Crippen LogP contribution in [0.3, 0.4) is 0 Å². The minimum absolute atomic E-state index is 0.0272. The van der Waals surface area contributed by atoms with Crippen LogP contribution in [0.1, 0.15) is 10.4 Å². The van der Waals surface area contributed by atoms with Gasteiger partial charge < -0.3 is 25.4 Å². The summed E-state index contributed by atoms with van der Waals surface area (Å²) in [5, 5.41) is 29.0. The molecule has 5 nitrogen and oxygen atoms in total. The molecule has 0 unspecified atom stereocenters. The van der Waals surface area contributed by atoms with Crippen molar-refractivity contribution in [3.8, 4) is 0 Å². The van der Waals surface area contributed by atoms with Crippen LogP contribution in [0.5, 0.6) is 0 Å². The van der Waals surface area contributed by atoms with Crippen LogP contribution >= 0.6 is 23.2 Å². The van der Waals surface area contributed by atoms with Gasteiger partial charge in [-0.25, -0.2) is 0 Å². The number of hydrogen-bond donors (Lipinski definition) is 3. The summed E-state index contributed by atoms with van der Waals surface area (Å²) in [6, 6.07) is 4.00. The Balaban J connectivity index is 0.000000360. The number of nitrogens with two attached hydrogens (primary N) is 1. The Morgan fingerprint density at radius 3 is 2.11 bits per heavy atom. The first-order chi connectivity index (χ1) is 8.52. The van der Waals surface area contributed by atoms with Crippen LogP contribution in [0.15, 0.2) is 18.2 Å². The van der Waals surface area contributed by atoms with Crippen molar-refractivity contribution in [3.63, 3.8) is 0 Å². The smallest absolute Gasteiger partial charge is 0.0991 e. The number of carbonyl (C=O) groups is 1. The van der Waals surface area contributed by atoms with Crippen molar-refractivity contribution in [3.05, 3.63) is 33.8 Å². The largest absolute Gasteiger partial charge is 0.545 e. The Morgan fingerprint density at radius 1 is 1.17 bits per heavy atom. The van der Waals surface area contributed by atoms with E-state index in [1.165, 1.54) is 18.2 Å². The number of aliphatic hydroxyl groups is 2. The Labute approximate surface area is 115 Å². The van der Waals surface area contributed by atoms with Crippen LogP contribution in [0.25, 0.3) is 0 Å². The molecule has 0 aromatic heterocycles. The van der Waals surface area contributed by atoms with Gasteiger partial charge in [-0.05, 0) is 17.7 Å². The molecule has 7 heteroatoms. The molecule has 0 saturated heterocycles. The first-order valence-electron chi connectivity index (χ1n) is 5.22. The first-order valence-corrected chi connectivity index (χ1v) is 5.98. The van der Waals surface area contributed by atoms with E-state index < -0.39 is 5.97 Å². The van der Waals surface area contributed by atoms with Crippen LogP contribution in [0.2, 0.25) is 10.0 Å². The standard InChI is InChI=1S/C7H4Cl2O2.C4H11NO2/c8-5-2-1-4(7(10)11)3-6(5)9;6-3-1-5-2-4-7/h1-3H,(H,10,11);5-7H,1-4H2. The lowest BCUT2D eigenvalue weighted by Gasteiger charge is -2.02. The van der Waals surface area contributed by atoms with E-state index in [1.54, 1.807) is 0 Å². The Kier molecular flexibility index (Phi) is 9.63. The van der Waals surface area contributed by atoms with Gasteiger partial charge in [0.15, 0.2) is 0 Å². The fourth-order valence-corrected chi connectivity index (χ4v) is 1.25. The fraction of sp³-hybridized carbons (Fsp3) is 0.364. The molecule has 0 saturated carbocycles. The van der Waals surface area contributed by atoms with E-state index in [4.69, 9.17) is 33.4 Å². The summed E-state index contributed by atoms with van der Waals surface area (Å²) < 4.78 is 0. The molecule has 1 rings (SSSR count). The first kappa shape index (κ1) is 17.2. The maximum absolute atomic E-state index is 10.3. The van der Waals surface area contributed by atoms with Gasteiger partial charge in [0.1, 0.15) is 0 Å². The van der Waals surface area contributed by atoms with Gasteiger partial charge in [-0.3, -0.25) is 0 Å². The highest BCUT2D eigenvalue weighted by atomic mass is 35.5. The molecule has 0 aliphatic carbocycles. The van der Waals surface area contributed by atoms with Crippen LogP contribution in [0.4, 0.5) is 0 Å². The third kappa shape index (κ3) is 7.47. The third-order valence-corrected chi connectivity index (χ3v) is 2.56. The van der Waals surface area contributed by atoms with Crippen LogP contribution in [-0.4, -0.2) is 42.5 Å². The summed E-state index contributed by atoms with van der Waals surface area (Å²) in [5.74, 6) is -1.26. The summed E-state index contributed by atoms with van der Waals surface area (Å²) in [4.78, 5) is 10.3. The molecule has 0 radical (unpaired) electrons. The number of rotatable bonds is 5. The van der Waals surface area contributed by atoms with Crippen molar-refractivity contribution in [1.82, 2.24) is 0 Å². The molecular weight excluding hydrogens is 281 g/mol. The third-order valence-electron chi connectivity index (χ3n) is 1.82. The average molecular weight is 296 g/mol. The van der Waals surface area contributed by atoms with Crippen molar-refractivity contribution in [2.75, 3.05) is 26.3 Å². The zero-order valence-corrected chi connectivity index (χ0v) is 11.1. The van der Waals surface area contributed by atoms with Crippen molar-refractivity contribution >= 4 is 29.2 Å². The van der Waals surface area contributed by atoms with Crippen LogP contribution in [0, 0.1) is 0 Å². The lowest BCUT2D eigenvalue weighted by Crippen LogP contribution is -2.85. The molecule has 0 aliphatic heterocycles. The monoisotopic (exact) mass is 295 g/mol. The second-order valence-electron chi connectivity index (χ2n) is 3.23. The number of aromatic carboxylic acids is 1. The molecule has 0 heterocycles. The van der Waals surface area contributed by atoms with Crippen molar-refractivity contribution in [2.24, 2.45) is 0 Å². The maximum Gasteiger partial charge on any atom is 0.0991 e. The normalized spacial score (nSPS) is 9.56. The molecule has 102 valence electrons. The molecule has 4 N–H and O–H groups in total. The number of quaternary nitrogens is 1. The second-order valence-corrected chi connectivity index (χ2v) is 4.04. The van der Waals surface area contributed by atoms with Crippen LogP contribution < -0.4 is 10.4 Å². The van der Waals surface area contributed by atoms with E-state index in [-0.39, 0.29) is 23.8 Å². The molecule has 1 aromatic carbocycles. The molecular formula is C11H15Cl2NO4. The quantitative estimate of drug-likeness (QED) is 0.600. The van der Waals surface area contributed by atoms with E-state index >= 15 is 0 Å². The van der Waals surface area contributed by atoms with Gasteiger partial charge in [0.05, 0.1) is 42.3 Å². The zero-order chi connectivity index (χ0) is 14.0. The molecule has 0 aliphatic rings. The Bertz CT molecular complexity index is 370. The molecule has 0 bridgehead atoms. The van der Waals surface area contributed by atoms with Crippen LogP contribution in [-0.2, 0) is 0 Å². The molecule has 18 heavy (non-hydrogen) atoms. The molecule has 0 atom stereocenters. The minimum Gasteiger partial charge on any atom is -0.545 e. The van der Waals surface area contributed by atoms with Gasteiger partial charge in [-0.1, -0.05) is 29.3 Å². The number of carboxylic acids is 1.